The van der Waals surface area contributed by atoms with Gasteiger partial charge in [-0.1, -0.05) is 11.6 Å². The molecule has 0 saturated carbocycles. The molecule has 2 nitrogen and oxygen atoms in total. The molecule has 0 spiro atoms. The maximum atomic E-state index is 11.0. The molecule has 78 valence electrons. The fourth-order valence-electron chi connectivity index (χ4n) is 0.867. The lowest BCUT2D eigenvalue weighted by molar-refractivity contribution is -0.139. The van der Waals surface area contributed by atoms with Crippen molar-refractivity contribution in [3.8, 4) is 0 Å². The number of hydrogen-bond donors (Lipinski definition) is 0. The average Bonchev–Trinajstić information content (AvgIpc) is 2.52. The molecule has 0 aliphatic rings. The third-order valence-electron chi connectivity index (χ3n) is 1.40. The highest BCUT2D eigenvalue weighted by atomic mass is 35.5. The molecule has 0 aliphatic heterocycles. The van der Waals surface area contributed by atoms with Crippen LogP contribution in [0.1, 0.15) is 11.8 Å². The third-order valence-corrected chi connectivity index (χ3v) is 3.77. The quantitative estimate of drug-likeness (QED) is 0.751. The number of esters is 1. The molecule has 0 aromatic carbocycles. The standard InChI is InChI=1S/C9H11ClO2S2/c1-2-12-9(11)6-13-5-7-3-4-8(10)14-7/h3-4H,2,5-6H2,1H3. The minimum absolute atomic E-state index is 0.153. The van der Waals surface area contributed by atoms with Crippen LogP contribution in [0.15, 0.2) is 12.1 Å². The molecule has 0 radical (unpaired) electrons. The zero-order valence-corrected chi connectivity index (χ0v) is 10.2. The highest BCUT2D eigenvalue weighted by Gasteiger charge is 2.03. The molecule has 0 atom stereocenters. The first-order valence-corrected chi connectivity index (χ1v) is 6.55. The van der Waals surface area contributed by atoms with Gasteiger partial charge in [0.15, 0.2) is 0 Å². The fraction of sp³-hybridized carbons (Fsp3) is 0.444. The number of halogens is 1. The molecule has 0 N–H and O–H groups in total. The van der Waals surface area contributed by atoms with Crippen molar-refractivity contribution >= 4 is 40.7 Å². The van der Waals surface area contributed by atoms with E-state index in [0.29, 0.717) is 12.4 Å². The summed E-state index contributed by atoms with van der Waals surface area (Å²) in [5.41, 5.74) is 0. The summed E-state index contributed by atoms with van der Waals surface area (Å²) >= 11 is 8.86. The van der Waals surface area contributed by atoms with E-state index in [4.69, 9.17) is 16.3 Å². The van der Waals surface area contributed by atoms with Crippen LogP contribution in [0.3, 0.4) is 0 Å². The lowest BCUT2D eigenvalue weighted by Gasteiger charge is -2.00. The molecular weight excluding hydrogens is 240 g/mol. The van der Waals surface area contributed by atoms with E-state index in [2.05, 4.69) is 0 Å². The third kappa shape index (κ3) is 4.35. The lowest BCUT2D eigenvalue weighted by Crippen LogP contribution is -2.06. The van der Waals surface area contributed by atoms with E-state index in [-0.39, 0.29) is 5.97 Å². The Morgan fingerprint density at radius 1 is 1.64 bits per heavy atom. The predicted octanol–water partition coefficient (Wildman–Crippen LogP) is 3.20. The predicted molar refractivity (Wildman–Crippen MR) is 62.1 cm³/mol. The van der Waals surface area contributed by atoms with Crippen molar-refractivity contribution in [2.75, 3.05) is 12.4 Å². The van der Waals surface area contributed by atoms with Crippen molar-refractivity contribution < 1.29 is 9.53 Å². The maximum Gasteiger partial charge on any atom is 0.315 e. The number of ether oxygens (including phenoxy) is 1. The van der Waals surface area contributed by atoms with Gasteiger partial charge in [-0.05, 0) is 19.1 Å². The van der Waals surface area contributed by atoms with Gasteiger partial charge >= 0.3 is 5.97 Å². The summed E-state index contributed by atoms with van der Waals surface area (Å²) < 4.78 is 5.59. The molecule has 1 rings (SSSR count). The Balaban J connectivity index is 2.18. The smallest absolute Gasteiger partial charge is 0.315 e. The Bertz CT molecular complexity index is 299. The molecule has 0 aliphatic carbocycles. The van der Waals surface area contributed by atoms with E-state index >= 15 is 0 Å². The monoisotopic (exact) mass is 250 g/mol. The molecule has 0 unspecified atom stereocenters. The van der Waals surface area contributed by atoms with E-state index in [1.807, 2.05) is 19.1 Å². The summed E-state index contributed by atoms with van der Waals surface area (Å²) in [5, 5.41) is 0. The van der Waals surface area contributed by atoms with Crippen LogP contribution in [0.4, 0.5) is 0 Å². The molecule has 0 amide bonds. The van der Waals surface area contributed by atoms with E-state index in [1.54, 1.807) is 23.1 Å². The van der Waals surface area contributed by atoms with Crippen molar-refractivity contribution in [3.63, 3.8) is 0 Å². The molecule has 1 aromatic rings. The summed E-state index contributed by atoms with van der Waals surface area (Å²) in [7, 11) is 0. The maximum absolute atomic E-state index is 11.0. The summed E-state index contributed by atoms with van der Waals surface area (Å²) in [4.78, 5) is 12.2. The normalized spacial score (nSPS) is 10.1. The lowest BCUT2D eigenvalue weighted by atomic mass is 10.5. The van der Waals surface area contributed by atoms with Crippen LogP contribution in [-0.4, -0.2) is 18.3 Å². The van der Waals surface area contributed by atoms with Crippen LogP contribution in [0.5, 0.6) is 0 Å². The van der Waals surface area contributed by atoms with E-state index in [0.717, 1.165) is 10.1 Å². The Morgan fingerprint density at radius 2 is 2.43 bits per heavy atom. The first-order valence-electron chi connectivity index (χ1n) is 4.20. The summed E-state index contributed by atoms with van der Waals surface area (Å²) in [6.07, 6.45) is 0. The fourth-order valence-corrected chi connectivity index (χ4v) is 2.89. The van der Waals surface area contributed by atoms with Gasteiger partial charge in [-0.3, -0.25) is 4.79 Å². The SMILES string of the molecule is CCOC(=O)CSCc1ccc(Cl)s1. The van der Waals surface area contributed by atoms with Gasteiger partial charge in [-0.15, -0.1) is 23.1 Å². The molecule has 1 aromatic heterocycles. The average molecular weight is 251 g/mol. The number of rotatable bonds is 5. The number of thiophene rings is 1. The van der Waals surface area contributed by atoms with Crippen LogP contribution < -0.4 is 0 Å². The van der Waals surface area contributed by atoms with Crippen LogP contribution in [0.25, 0.3) is 0 Å². The second-order valence-electron chi connectivity index (χ2n) is 2.50. The number of hydrogen-bond acceptors (Lipinski definition) is 4. The topological polar surface area (TPSA) is 26.3 Å². The van der Waals surface area contributed by atoms with Crippen LogP contribution in [0, 0.1) is 0 Å². The van der Waals surface area contributed by atoms with Crippen molar-refractivity contribution in [3.05, 3.63) is 21.3 Å². The van der Waals surface area contributed by atoms with Gasteiger partial charge in [0.1, 0.15) is 0 Å². The number of thioether (sulfide) groups is 1. The van der Waals surface area contributed by atoms with Crippen LogP contribution in [-0.2, 0) is 15.3 Å². The van der Waals surface area contributed by atoms with Gasteiger partial charge in [-0.2, -0.15) is 0 Å². The van der Waals surface area contributed by atoms with Crippen molar-refractivity contribution in [2.24, 2.45) is 0 Å². The van der Waals surface area contributed by atoms with Crippen molar-refractivity contribution in [1.29, 1.82) is 0 Å². The summed E-state index contributed by atoms with van der Waals surface area (Å²) in [5.74, 6) is 1.07. The van der Waals surface area contributed by atoms with Crippen molar-refractivity contribution in [1.82, 2.24) is 0 Å². The zero-order valence-electron chi connectivity index (χ0n) is 7.79. The molecule has 0 fully saturated rings. The molecular formula is C9H11ClO2S2. The highest BCUT2D eigenvalue weighted by molar-refractivity contribution is 7.99. The van der Waals surface area contributed by atoms with Gasteiger partial charge in [0.2, 0.25) is 0 Å². The van der Waals surface area contributed by atoms with Gasteiger partial charge in [-0.25, -0.2) is 0 Å². The molecule has 5 heteroatoms. The Labute approximate surface area is 96.6 Å². The molecule has 0 saturated heterocycles. The summed E-state index contributed by atoms with van der Waals surface area (Å²) in [6.45, 7) is 2.26. The van der Waals surface area contributed by atoms with E-state index < -0.39 is 0 Å². The van der Waals surface area contributed by atoms with Gasteiger partial charge in [0.25, 0.3) is 0 Å². The number of carbonyl (C=O) groups is 1. The van der Waals surface area contributed by atoms with Gasteiger partial charge < -0.3 is 4.74 Å². The van der Waals surface area contributed by atoms with Gasteiger partial charge in [0.05, 0.1) is 16.7 Å². The Morgan fingerprint density at radius 3 is 3.00 bits per heavy atom. The Kier molecular flexibility index (Phi) is 5.37. The summed E-state index contributed by atoms with van der Waals surface area (Å²) in [6, 6.07) is 3.84. The zero-order chi connectivity index (χ0) is 10.4. The first-order chi connectivity index (χ1) is 6.72. The molecule has 14 heavy (non-hydrogen) atoms. The second kappa shape index (κ2) is 6.32. The highest BCUT2D eigenvalue weighted by Crippen LogP contribution is 2.25. The van der Waals surface area contributed by atoms with Crippen molar-refractivity contribution in [2.45, 2.75) is 12.7 Å². The van der Waals surface area contributed by atoms with Crippen LogP contribution in [0.2, 0.25) is 4.34 Å². The largest absolute Gasteiger partial charge is 0.465 e. The minimum Gasteiger partial charge on any atom is -0.465 e. The van der Waals surface area contributed by atoms with Crippen LogP contribution >= 0.6 is 34.7 Å². The Hall–Kier alpha value is -0.190. The number of carbonyl (C=O) groups excluding carboxylic acids is 1. The second-order valence-corrected chi connectivity index (χ2v) is 5.29. The molecule has 1 heterocycles. The van der Waals surface area contributed by atoms with Gasteiger partial charge in [0, 0.05) is 10.6 Å². The first kappa shape index (κ1) is 11.9. The minimum atomic E-state index is -0.153. The van der Waals surface area contributed by atoms with E-state index in [1.165, 1.54) is 4.88 Å². The molecule has 0 bridgehead atoms. The van der Waals surface area contributed by atoms with E-state index in [9.17, 15) is 4.79 Å².